The Kier molecular flexibility index (Phi) is 6.89. The zero-order valence-electron chi connectivity index (χ0n) is 18.5. The fraction of sp³-hybridized carbons (Fsp3) is 0.304. The molecule has 8 nitrogen and oxygen atoms in total. The van der Waals surface area contributed by atoms with Gasteiger partial charge in [-0.2, -0.15) is 0 Å². The number of halogens is 1. The molecular formula is C23H26FN3O5S. The van der Waals surface area contributed by atoms with E-state index in [9.17, 15) is 22.7 Å². The van der Waals surface area contributed by atoms with Crippen LogP contribution in [0.1, 0.15) is 30.7 Å². The molecule has 0 saturated carbocycles. The third-order valence-corrected chi connectivity index (χ3v) is 6.25. The minimum Gasteiger partial charge on any atom is -0.465 e. The van der Waals surface area contributed by atoms with Crippen LogP contribution < -0.4 is 5.32 Å². The van der Waals surface area contributed by atoms with E-state index in [0.717, 1.165) is 17.9 Å². The molecule has 0 saturated heterocycles. The summed E-state index contributed by atoms with van der Waals surface area (Å²) in [6, 6.07) is 9.95. The number of sulfone groups is 1. The quantitative estimate of drug-likeness (QED) is 0.459. The summed E-state index contributed by atoms with van der Waals surface area (Å²) < 4.78 is 39.8. The van der Waals surface area contributed by atoms with Crippen molar-refractivity contribution in [2.75, 3.05) is 12.8 Å². The summed E-state index contributed by atoms with van der Waals surface area (Å²) in [4.78, 5) is 15.3. The maximum Gasteiger partial charge on any atom is 0.404 e. The van der Waals surface area contributed by atoms with E-state index in [-0.39, 0.29) is 18.0 Å². The summed E-state index contributed by atoms with van der Waals surface area (Å²) in [5, 5.41) is 21.7. The Balaban J connectivity index is 2.09. The van der Waals surface area contributed by atoms with Crippen molar-refractivity contribution in [3.8, 4) is 0 Å². The number of carbonyl (C=O) groups is 1. The van der Waals surface area contributed by atoms with Crippen LogP contribution in [-0.4, -0.2) is 47.1 Å². The highest BCUT2D eigenvalue weighted by Crippen LogP contribution is 2.34. The zero-order chi connectivity index (χ0) is 24.4. The molecule has 3 aromatic rings. The fourth-order valence-corrected chi connectivity index (χ4v) is 4.43. The number of nitrogens with one attached hydrogen (secondary N) is 1. The first kappa shape index (κ1) is 24.4. The number of aliphatic hydroxyl groups is 1. The molecule has 3 N–H and O–H groups in total. The number of nitrogens with zero attached hydrogens (tertiary/aromatic N) is 2. The van der Waals surface area contributed by atoms with Gasteiger partial charge < -0.3 is 20.1 Å². The summed E-state index contributed by atoms with van der Waals surface area (Å²) in [6.45, 7) is 2.80. The lowest BCUT2D eigenvalue weighted by molar-refractivity contribution is 0.0694. The van der Waals surface area contributed by atoms with Gasteiger partial charge in [0, 0.05) is 31.0 Å². The predicted octanol–water partition coefficient (Wildman–Crippen LogP) is 3.38. The summed E-state index contributed by atoms with van der Waals surface area (Å²) in [7, 11) is -3.33. The van der Waals surface area contributed by atoms with Gasteiger partial charge in [0.1, 0.15) is 5.83 Å². The van der Waals surface area contributed by atoms with E-state index >= 15 is 0 Å². The highest BCUT2D eigenvalue weighted by Gasteiger charge is 2.29. The summed E-state index contributed by atoms with van der Waals surface area (Å²) >= 11 is 0. The highest BCUT2D eigenvalue weighted by atomic mass is 32.2. The van der Waals surface area contributed by atoms with Gasteiger partial charge in [-0.3, -0.25) is 4.98 Å². The number of allylic oxidation sites excluding steroid dienone is 1. The van der Waals surface area contributed by atoms with Gasteiger partial charge in [0.05, 0.1) is 33.8 Å². The molecule has 0 unspecified atom stereocenters. The lowest BCUT2D eigenvalue weighted by Crippen LogP contribution is -2.23. The molecule has 0 fully saturated rings. The first-order valence-corrected chi connectivity index (χ1v) is 12.1. The maximum absolute atomic E-state index is 14.7. The third kappa shape index (κ3) is 5.77. The molecule has 2 heterocycles. The van der Waals surface area contributed by atoms with Crippen molar-refractivity contribution < 1.29 is 27.8 Å². The first-order chi connectivity index (χ1) is 15.4. The van der Waals surface area contributed by atoms with E-state index in [1.807, 2.05) is 0 Å². The Labute approximate surface area is 191 Å². The molecule has 0 spiro atoms. The van der Waals surface area contributed by atoms with E-state index in [1.165, 1.54) is 12.1 Å². The predicted molar refractivity (Wildman–Crippen MR) is 123 cm³/mol. The second kappa shape index (κ2) is 9.32. The molecule has 33 heavy (non-hydrogen) atoms. The van der Waals surface area contributed by atoms with Crippen LogP contribution in [0.2, 0.25) is 0 Å². The van der Waals surface area contributed by atoms with Gasteiger partial charge in [-0.15, -0.1) is 0 Å². The fourth-order valence-electron chi connectivity index (χ4n) is 3.80. The van der Waals surface area contributed by atoms with E-state index < -0.39 is 27.4 Å². The van der Waals surface area contributed by atoms with Crippen molar-refractivity contribution in [2.45, 2.75) is 37.3 Å². The summed E-state index contributed by atoms with van der Waals surface area (Å²) in [5.74, 6) is -0.570. The zero-order valence-corrected chi connectivity index (χ0v) is 19.4. The number of hydrogen-bond donors (Lipinski definition) is 3. The van der Waals surface area contributed by atoms with Crippen LogP contribution in [0, 0.1) is 0 Å². The number of benzene rings is 1. The smallest absolute Gasteiger partial charge is 0.404 e. The van der Waals surface area contributed by atoms with Crippen LogP contribution >= 0.6 is 0 Å². The van der Waals surface area contributed by atoms with Crippen LogP contribution in [0.25, 0.3) is 11.0 Å². The standard InChI is InChI=1S/C23H26FN3O5S/c1-23(2,30)21-18(13-15-6-8-17(9-7-15)33(3,31)32)20-19(5-4-11-25-20)27(21)14-16(24)10-12-26-22(28)29/h4-11,26,30H,12-14H2,1-3H3,(H,28,29)/b16-10-. The molecule has 1 amide bonds. The Morgan fingerprint density at radius 1 is 1.24 bits per heavy atom. The topological polar surface area (TPSA) is 122 Å². The van der Waals surface area contributed by atoms with Gasteiger partial charge in [0.15, 0.2) is 9.84 Å². The molecule has 0 aliphatic heterocycles. The molecular weight excluding hydrogens is 449 g/mol. The average molecular weight is 476 g/mol. The number of pyridine rings is 1. The molecule has 3 rings (SSSR count). The summed E-state index contributed by atoms with van der Waals surface area (Å²) in [6.07, 6.45) is 2.97. The van der Waals surface area contributed by atoms with Crippen molar-refractivity contribution in [2.24, 2.45) is 0 Å². The largest absolute Gasteiger partial charge is 0.465 e. The van der Waals surface area contributed by atoms with Crippen molar-refractivity contribution in [1.29, 1.82) is 0 Å². The van der Waals surface area contributed by atoms with E-state index in [4.69, 9.17) is 5.11 Å². The van der Waals surface area contributed by atoms with Crippen molar-refractivity contribution in [1.82, 2.24) is 14.9 Å². The minimum absolute atomic E-state index is 0.185. The Bertz CT molecular complexity index is 1310. The number of carboxylic acid groups (broad SMARTS) is 1. The Morgan fingerprint density at radius 2 is 1.91 bits per heavy atom. The third-order valence-electron chi connectivity index (χ3n) is 5.12. The monoisotopic (exact) mass is 475 g/mol. The molecule has 0 radical (unpaired) electrons. The number of amides is 1. The average Bonchev–Trinajstić information content (AvgIpc) is 3.01. The van der Waals surface area contributed by atoms with Gasteiger partial charge in [0.25, 0.3) is 0 Å². The van der Waals surface area contributed by atoms with Gasteiger partial charge in [-0.25, -0.2) is 17.6 Å². The molecule has 2 aromatic heterocycles. The molecule has 1 aromatic carbocycles. The SMILES string of the molecule is CC(C)(O)c1c(Cc2ccc(S(C)(=O)=O)cc2)c2ncccc2n1C/C(F)=C/CNC(=O)O. The van der Waals surface area contributed by atoms with Crippen LogP contribution in [-0.2, 0) is 28.4 Å². The molecule has 10 heteroatoms. The van der Waals surface area contributed by atoms with Gasteiger partial charge in [-0.1, -0.05) is 12.1 Å². The molecule has 0 aliphatic rings. The molecule has 0 atom stereocenters. The van der Waals surface area contributed by atoms with Gasteiger partial charge >= 0.3 is 6.09 Å². The number of rotatable bonds is 8. The van der Waals surface area contributed by atoms with E-state index in [2.05, 4.69) is 10.3 Å². The summed E-state index contributed by atoms with van der Waals surface area (Å²) in [5.41, 5.74) is 1.84. The van der Waals surface area contributed by atoms with Crippen LogP contribution in [0.15, 0.2) is 59.4 Å². The number of fused-ring (bicyclic) bond motifs is 1. The first-order valence-electron chi connectivity index (χ1n) is 10.2. The Morgan fingerprint density at radius 3 is 2.48 bits per heavy atom. The molecule has 0 aliphatic carbocycles. The lowest BCUT2D eigenvalue weighted by Gasteiger charge is -2.23. The maximum atomic E-state index is 14.7. The van der Waals surface area contributed by atoms with Gasteiger partial charge in [-0.05, 0) is 49.8 Å². The van der Waals surface area contributed by atoms with Crippen LogP contribution in [0.5, 0.6) is 0 Å². The minimum atomic E-state index is -3.33. The number of hydrogen-bond acceptors (Lipinski definition) is 5. The van der Waals surface area contributed by atoms with Crippen molar-refractivity contribution >= 4 is 27.0 Å². The van der Waals surface area contributed by atoms with Gasteiger partial charge in [0.2, 0.25) is 0 Å². The van der Waals surface area contributed by atoms with Crippen molar-refractivity contribution in [3.63, 3.8) is 0 Å². The molecule has 0 bridgehead atoms. The second-order valence-corrected chi connectivity index (χ2v) is 10.3. The number of aromatic nitrogens is 2. The highest BCUT2D eigenvalue weighted by molar-refractivity contribution is 7.90. The van der Waals surface area contributed by atoms with E-state index in [0.29, 0.717) is 28.7 Å². The Hall–Kier alpha value is -3.24. The lowest BCUT2D eigenvalue weighted by atomic mass is 9.96. The normalized spacial score (nSPS) is 12.8. The van der Waals surface area contributed by atoms with Crippen molar-refractivity contribution in [3.05, 3.63) is 71.3 Å². The molecule has 176 valence electrons. The second-order valence-electron chi connectivity index (χ2n) is 8.27. The van der Waals surface area contributed by atoms with E-state index in [1.54, 1.807) is 48.9 Å². The van der Waals surface area contributed by atoms with Crippen LogP contribution in [0.4, 0.5) is 9.18 Å². The van der Waals surface area contributed by atoms with Crippen LogP contribution in [0.3, 0.4) is 0 Å².